The molecule has 0 N–H and O–H groups in total. The van der Waals surface area contributed by atoms with Crippen molar-refractivity contribution < 1.29 is 9.53 Å². The SMILES string of the molecule is C=C(C)C(=O)OCCCN1C=CN(c2c(C)cc(C)cc2C)C1C(Cl)(Cl)Cl. The summed E-state index contributed by atoms with van der Waals surface area (Å²) in [5, 5.41) is 0. The number of ether oxygens (including phenoxy) is 1. The van der Waals surface area contributed by atoms with Crippen LogP contribution >= 0.6 is 34.8 Å². The maximum absolute atomic E-state index is 11.5. The Labute approximate surface area is 176 Å². The molecule has 0 aromatic heterocycles. The van der Waals surface area contributed by atoms with Crippen molar-refractivity contribution in [3.05, 3.63) is 53.4 Å². The molecule has 4 nitrogen and oxygen atoms in total. The number of benzene rings is 1. The highest BCUT2D eigenvalue weighted by atomic mass is 35.6. The van der Waals surface area contributed by atoms with Crippen LogP contribution in [0.5, 0.6) is 0 Å². The molecule has 148 valence electrons. The van der Waals surface area contributed by atoms with E-state index in [4.69, 9.17) is 39.5 Å². The summed E-state index contributed by atoms with van der Waals surface area (Å²) in [6, 6.07) is 4.23. The van der Waals surface area contributed by atoms with Crippen LogP contribution in [-0.4, -0.2) is 34.0 Å². The molecule has 0 bridgehead atoms. The number of alkyl halides is 3. The van der Waals surface area contributed by atoms with E-state index in [1.165, 1.54) is 5.56 Å². The molecular formula is C20H25Cl3N2O2. The highest BCUT2D eigenvalue weighted by Crippen LogP contribution is 2.42. The van der Waals surface area contributed by atoms with Gasteiger partial charge in [-0.3, -0.25) is 0 Å². The Morgan fingerprint density at radius 1 is 1.19 bits per heavy atom. The van der Waals surface area contributed by atoms with E-state index in [9.17, 15) is 4.79 Å². The minimum Gasteiger partial charge on any atom is -0.462 e. The van der Waals surface area contributed by atoms with Gasteiger partial charge in [0.1, 0.15) is 0 Å². The molecule has 2 rings (SSSR count). The van der Waals surface area contributed by atoms with Gasteiger partial charge in [-0.2, -0.15) is 0 Å². The van der Waals surface area contributed by atoms with Gasteiger partial charge in [-0.25, -0.2) is 4.79 Å². The molecule has 0 saturated carbocycles. The van der Waals surface area contributed by atoms with Crippen molar-refractivity contribution in [3.8, 4) is 0 Å². The molecule has 27 heavy (non-hydrogen) atoms. The lowest BCUT2D eigenvalue weighted by Gasteiger charge is -2.38. The lowest BCUT2D eigenvalue weighted by Crippen LogP contribution is -2.49. The summed E-state index contributed by atoms with van der Waals surface area (Å²) in [6.07, 6.45) is 3.96. The maximum Gasteiger partial charge on any atom is 0.333 e. The molecule has 1 aliphatic heterocycles. The van der Waals surface area contributed by atoms with E-state index in [0.717, 1.165) is 16.8 Å². The average molecular weight is 432 g/mol. The van der Waals surface area contributed by atoms with Gasteiger partial charge in [0.15, 0.2) is 6.17 Å². The van der Waals surface area contributed by atoms with E-state index in [2.05, 4.69) is 39.5 Å². The maximum atomic E-state index is 11.5. The van der Waals surface area contributed by atoms with Gasteiger partial charge in [0.25, 0.3) is 0 Å². The number of carbonyl (C=O) groups is 1. The minimum atomic E-state index is -1.53. The third-order valence-electron chi connectivity index (χ3n) is 4.33. The summed E-state index contributed by atoms with van der Waals surface area (Å²) in [7, 11) is 0. The van der Waals surface area contributed by atoms with Crippen molar-refractivity contribution in [2.24, 2.45) is 0 Å². The van der Waals surface area contributed by atoms with E-state index < -0.39 is 15.9 Å². The molecule has 0 radical (unpaired) electrons. The lowest BCUT2D eigenvalue weighted by molar-refractivity contribution is -0.139. The molecule has 0 aliphatic carbocycles. The predicted molar refractivity (Wildman–Crippen MR) is 113 cm³/mol. The third kappa shape index (κ3) is 5.34. The lowest BCUT2D eigenvalue weighted by atomic mass is 10.0. The third-order valence-corrected chi connectivity index (χ3v) is 4.91. The van der Waals surface area contributed by atoms with Gasteiger partial charge in [0, 0.05) is 30.2 Å². The van der Waals surface area contributed by atoms with E-state index in [1.807, 2.05) is 22.2 Å². The first-order valence-corrected chi connectivity index (χ1v) is 9.85. The quantitative estimate of drug-likeness (QED) is 0.261. The van der Waals surface area contributed by atoms with E-state index >= 15 is 0 Å². The monoisotopic (exact) mass is 430 g/mol. The fourth-order valence-corrected chi connectivity index (χ4v) is 4.03. The largest absolute Gasteiger partial charge is 0.462 e. The number of hydrogen-bond donors (Lipinski definition) is 0. The van der Waals surface area contributed by atoms with Crippen LogP contribution in [0.4, 0.5) is 5.69 Å². The molecule has 0 fully saturated rings. The van der Waals surface area contributed by atoms with Gasteiger partial charge in [0.05, 0.1) is 6.61 Å². The number of anilines is 1. The molecule has 1 atom stereocenters. The molecule has 0 spiro atoms. The summed E-state index contributed by atoms with van der Waals surface area (Å²) < 4.78 is 3.62. The Kier molecular flexibility index (Phi) is 7.12. The van der Waals surface area contributed by atoms with Crippen LogP contribution in [-0.2, 0) is 9.53 Å². The van der Waals surface area contributed by atoms with Crippen LogP contribution in [0.15, 0.2) is 36.7 Å². The number of hydrogen-bond acceptors (Lipinski definition) is 4. The summed E-state index contributed by atoms with van der Waals surface area (Å²) in [6.45, 7) is 12.2. The van der Waals surface area contributed by atoms with Gasteiger partial charge in [-0.1, -0.05) is 59.1 Å². The fraction of sp³-hybridized carbons (Fsp3) is 0.450. The Morgan fingerprint density at radius 3 is 2.30 bits per heavy atom. The summed E-state index contributed by atoms with van der Waals surface area (Å²) in [5.41, 5.74) is 4.84. The molecule has 1 heterocycles. The number of esters is 1. The van der Waals surface area contributed by atoms with Gasteiger partial charge in [-0.15, -0.1) is 0 Å². The highest BCUT2D eigenvalue weighted by molar-refractivity contribution is 6.68. The molecule has 0 saturated heterocycles. The zero-order valence-electron chi connectivity index (χ0n) is 16.1. The van der Waals surface area contributed by atoms with Crippen molar-refractivity contribution in [1.29, 1.82) is 0 Å². The highest BCUT2D eigenvalue weighted by Gasteiger charge is 2.43. The molecule has 1 aliphatic rings. The number of carbonyl (C=O) groups excluding carboxylic acids is 1. The topological polar surface area (TPSA) is 32.8 Å². The second kappa shape index (κ2) is 8.76. The molecule has 1 aromatic carbocycles. The first-order valence-electron chi connectivity index (χ1n) is 8.72. The van der Waals surface area contributed by atoms with E-state index in [0.29, 0.717) is 18.5 Å². The van der Waals surface area contributed by atoms with Crippen LogP contribution in [0, 0.1) is 20.8 Å². The second-order valence-corrected chi connectivity index (χ2v) is 9.24. The van der Waals surface area contributed by atoms with E-state index in [-0.39, 0.29) is 6.61 Å². The van der Waals surface area contributed by atoms with Crippen molar-refractivity contribution in [2.45, 2.75) is 44.1 Å². The van der Waals surface area contributed by atoms with Crippen LogP contribution in [0.25, 0.3) is 0 Å². The molecule has 1 aromatic rings. The molecular weight excluding hydrogens is 407 g/mol. The van der Waals surface area contributed by atoms with Crippen molar-refractivity contribution in [1.82, 2.24) is 4.90 Å². The smallest absolute Gasteiger partial charge is 0.333 e. The van der Waals surface area contributed by atoms with Crippen LogP contribution in [0.3, 0.4) is 0 Å². The average Bonchev–Trinajstić information content (AvgIpc) is 2.94. The number of nitrogens with zero attached hydrogens (tertiary/aromatic N) is 2. The van der Waals surface area contributed by atoms with Gasteiger partial charge in [-0.05, 0) is 45.2 Å². The molecule has 0 amide bonds. The van der Waals surface area contributed by atoms with Gasteiger partial charge >= 0.3 is 5.97 Å². The Morgan fingerprint density at radius 2 is 1.78 bits per heavy atom. The van der Waals surface area contributed by atoms with Gasteiger partial charge < -0.3 is 14.5 Å². The summed E-state index contributed by atoms with van der Waals surface area (Å²) in [4.78, 5) is 15.4. The zero-order chi connectivity index (χ0) is 20.4. The number of aryl methyl sites for hydroxylation is 3. The second-order valence-electron chi connectivity index (χ2n) is 6.88. The summed E-state index contributed by atoms with van der Waals surface area (Å²) >= 11 is 19.0. The Balaban J connectivity index is 2.15. The zero-order valence-corrected chi connectivity index (χ0v) is 18.3. The van der Waals surface area contributed by atoms with Crippen molar-refractivity contribution >= 4 is 46.5 Å². The first-order chi connectivity index (χ1) is 12.5. The van der Waals surface area contributed by atoms with Crippen molar-refractivity contribution in [2.75, 3.05) is 18.1 Å². The predicted octanol–water partition coefficient (Wildman–Crippen LogP) is 5.41. The fourth-order valence-electron chi connectivity index (χ4n) is 3.33. The van der Waals surface area contributed by atoms with Crippen molar-refractivity contribution in [3.63, 3.8) is 0 Å². The Bertz CT molecular complexity index is 733. The normalized spacial score (nSPS) is 16.8. The standard InChI is InChI=1S/C20H25Cl3N2O2/c1-13(2)18(26)27-10-6-7-24-8-9-25(19(24)20(21,22)23)17-15(4)11-14(3)12-16(17)5/h8-9,11-12,19H,1,6-7,10H2,2-5H3. The molecule has 1 unspecified atom stereocenters. The molecule has 7 heteroatoms. The van der Waals surface area contributed by atoms with Crippen LogP contribution in [0.2, 0.25) is 0 Å². The van der Waals surface area contributed by atoms with E-state index in [1.54, 1.807) is 6.92 Å². The first kappa shape index (κ1) is 21.9. The van der Waals surface area contributed by atoms with Crippen LogP contribution in [0.1, 0.15) is 30.0 Å². The number of halogens is 3. The van der Waals surface area contributed by atoms with Gasteiger partial charge in [0.2, 0.25) is 3.79 Å². The minimum absolute atomic E-state index is 0.283. The summed E-state index contributed by atoms with van der Waals surface area (Å²) in [5.74, 6) is -0.391. The Hall–Kier alpha value is -1.36. The van der Waals surface area contributed by atoms with Crippen LogP contribution < -0.4 is 4.90 Å². The number of rotatable bonds is 6.